The molecule has 2 rings (SSSR count). The molecule has 1 heterocycles. The number of halogens is 1. The largest absolute Gasteiger partial charge is 0.394 e. The fourth-order valence-corrected chi connectivity index (χ4v) is 1.76. The van der Waals surface area contributed by atoms with Crippen LogP contribution in [-0.4, -0.2) is 9.78 Å². The molecule has 0 unspecified atom stereocenters. The fourth-order valence-electron chi connectivity index (χ4n) is 1.64. The van der Waals surface area contributed by atoms with Crippen molar-refractivity contribution >= 4 is 23.1 Å². The van der Waals surface area contributed by atoms with Gasteiger partial charge in [-0.05, 0) is 19.1 Å². The first kappa shape index (κ1) is 10.8. The third kappa shape index (κ3) is 1.72. The van der Waals surface area contributed by atoms with Gasteiger partial charge in [-0.1, -0.05) is 23.7 Å². The monoisotopic (exact) mass is 236 g/mol. The summed E-state index contributed by atoms with van der Waals surface area (Å²) in [4.78, 5) is 0. The molecule has 5 heteroatoms. The van der Waals surface area contributed by atoms with Gasteiger partial charge in [0.05, 0.1) is 5.69 Å². The molecular formula is C11H13ClN4. The van der Waals surface area contributed by atoms with Crippen molar-refractivity contribution in [2.45, 2.75) is 13.5 Å². The summed E-state index contributed by atoms with van der Waals surface area (Å²) >= 11 is 5.84. The van der Waals surface area contributed by atoms with E-state index >= 15 is 0 Å². The summed E-state index contributed by atoms with van der Waals surface area (Å²) in [6, 6.07) is 7.45. The minimum Gasteiger partial charge on any atom is -0.394 e. The number of nitrogens with zero attached hydrogens (tertiary/aromatic N) is 2. The molecule has 16 heavy (non-hydrogen) atoms. The molecule has 0 spiro atoms. The predicted octanol–water partition coefficient (Wildman–Crippen LogP) is 2.39. The van der Waals surface area contributed by atoms with Crippen LogP contribution in [0.15, 0.2) is 24.3 Å². The van der Waals surface area contributed by atoms with Crippen molar-refractivity contribution in [1.29, 1.82) is 0 Å². The van der Waals surface area contributed by atoms with E-state index in [4.69, 9.17) is 23.1 Å². The zero-order valence-corrected chi connectivity index (χ0v) is 9.70. The van der Waals surface area contributed by atoms with E-state index in [0.717, 1.165) is 17.8 Å². The Labute approximate surface area is 98.8 Å². The Morgan fingerprint density at radius 2 is 1.88 bits per heavy atom. The van der Waals surface area contributed by atoms with Gasteiger partial charge in [-0.15, -0.1) is 0 Å². The van der Waals surface area contributed by atoms with E-state index in [0.29, 0.717) is 16.5 Å². The Hall–Kier alpha value is -1.68. The van der Waals surface area contributed by atoms with Crippen LogP contribution in [0.2, 0.25) is 5.02 Å². The van der Waals surface area contributed by atoms with E-state index in [1.807, 2.05) is 31.2 Å². The fraction of sp³-hybridized carbons (Fsp3) is 0.182. The van der Waals surface area contributed by atoms with Crippen molar-refractivity contribution in [1.82, 2.24) is 9.78 Å². The SMILES string of the molecule is CCn1nc(N)c(N)c1-c1ccc(Cl)cc1. The first-order valence-electron chi connectivity index (χ1n) is 5.01. The lowest BCUT2D eigenvalue weighted by Gasteiger charge is -2.05. The summed E-state index contributed by atoms with van der Waals surface area (Å²) < 4.78 is 1.79. The van der Waals surface area contributed by atoms with E-state index in [1.54, 1.807) is 4.68 Å². The standard InChI is InChI=1S/C11H13ClN4/c1-2-16-10(9(13)11(14)15-16)7-3-5-8(12)6-4-7/h3-6H,2,13H2,1H3,(H2,14,15). The highest BCUT2D eigenvalue weighted by atomic mass is 35.5. The van der Waals surface area contributed by atoms with Gasteiger partial charge in [0.25, 0.3) is 0 Å². The first-order chi connectivity index (χ1) is 7.63. The van der Waals surface area contributed by atoms with E-state index < -0.39 is 0 Å². The van der Waals surface area contributed by atoms with Crippen molar-refractivity contribution in [2.24, 2.45) is 0 Å². The van der Waals surface area contributed by atoms with Crippen LogP contribution in [0.1, 0.15) is 6.92 Å². The molecule has 1 aromatic heterocycles. The first-order valence-corrected chi connectivity index (χ1v) is 5.39. The summed E-state index contributed by atoms with van der Waals surface area (Å²) in [5, 5.41) is 4.86. The van der Waals surface area contributed by atoms with Crippen molar-refractivity contribution in [3.63, 3.8) is 0 Å². The highest BCUT2D eigenvalue weighted by Crippen LogP contribution is 2.30. The number of hydrogen-bond acceptors (Lipinski definition) is 3. The molecule has 0 aliphatic rings. The molecule has 4 N–H and O–H groups in total. The second-order valence-electron chi connectivity index (χ2n) is 3.47. The van der Waals surface area contributed by atoms with Crippen molar-refractivity contribution < 1.29 is 0 Å². The van der Waals surface area contributed by atoms with Gasteiger partial charge in [-0.2, -0.15) is 5.10 Å². The van der Waals surface area contributed by atoms with Gasteiger partial charge in [0.2, 0.25) is 0 Å². The molecule has 0 saturated heterocycles. The smallest absolute Gasteiger partial charge is 0.169 e. The summed E-state index contributed by atoms with van der Waals surface area (Å²) in [6.07, 6.45) is 0. The van der Waals surface area contributed by atoms with Crippen molar-refractivity contribution in [3.05, 3.63) is 29.3 Å². The maximum absolute atomic E-state index is 5.91. The average Bonchev–Trinajstić information content (AvgIpc) is 2.57. The average molecular weight is 237 g/mol. The lowest BCUT2D eigenvalue weighted by molar-refractivity contribution is 0.670. The molecule has 0 atom stereocenters. The summed E-state index contributed by atoms with van der Waals surface area (Å²) in [5.74, 6) is 0.367. The highest BCUT2D eigenvalue weighted by Gasteiger charge is 2.13. The van der Waals surface area contributed by atoms with Crippen LogP contribution in [0.4, 0.5) is 11.5 Å². The predicted molar refractivity (Wildman–Crippen MR) is 67.2 cm³/mol. The minimum atomic E-state index is 0.367. The topological polar surface area (TPSA) is 69.9 Å². The van der Waals surface area contributed by atoms with Crippen LogP contribution in [0.3, 0.4) is 0 Å². The molecule has 0 saturated carbocycles. The Morgan fingerprint density at radius 3 is 2.44 bits per heavy atom. The number of rotatable bonds is 2. The molecule has 4 nitrogen and oxygen atoms in total. The molecule has 2 aromatic rings. The molecule has 0 amide bonds. The van der Waals surface area contributed by atoms with Crippen LogP contribution < -0.4 is 11.5 Å². The zero-order chi connectivity index (χ0) is 11.7. The minimum absolute atomic E-state index is 0.367. The van der Waals surface area contributed by atoms with Gasteiger partial charge in [-0.25, -0.2) is 0 Å². The second kappa shape index (κ2) is 4.06. The molecule has 0 radical (unpaired) electrons. The molecule has 0 aliphatic heterocycles. The van der Waals surface area contributed by atoms with Crippen LogP contribution in [0.25, 0.3) is 11.3 Å². The normalized spacial score (nSPS) is 10.6. The van der Waals surface area contributed by atoms with E-state index in [2.05, 4.69) is 5.10 Å². The quantitative estimate of drug-likeness (QED) is 0.841. The molecule has 0 fully saturated rings. The van der Waals surface area contributed by atoms with Gasteiger partial charge >= 0.3 is 0 Å². The second-order valence-corrected chi connectivity index (χ2v) is 3.91. The zero-order valence-electron chi connectivity index (χ0n) is 8.94. The van der Waals surface area contributed by atoms with Gasteiger partial charge in [-0.3, -0.25) is 4.68 Å². The van der Waals surface area contributed by atoms with Crippen molar-refractivity contribution in [2.75, 3.05) is 11.5 Å². The van der Waals surface area contributed by atoms with Gasteiger partial charge in [0.15, 0.2) is 5.82 Å². The summed E-state index contributed by atoms with van der Waals surface area (Å²) in [7, 11) is 0. The molecule has 84 valence electrons. The lowest BCUT2D eigenvalue weighted by atomic mass is 10.1. The molecule has 1 aromatic carbocycles. The Kier molecular flexibility index (Phi) is 2.75. The van der Waals surface area contributed by atoms with Crippen LogP contribution in [-0.2, 0) is 6.54 Å². The lowest BCUT2D eigenvalue weighted by Crippen LogP contribution is -2.00. The third-order valence-electron chi connectivity index (χ3n) is 2.43. The Balaban J connectivity index is 2.58. The summed E-state index contributed by atoms with van der Waals surface area (Å²) in [6.45, 7) is 2.71. The molecule has 0 aliphatic carbocycles. The molecular weight excluding hydrogens is 224 g/mol. The van der Waals surface area contributed by atoms with Crippen molar-refractivity contribution in [3.8, 4) is 11.3 Å². The number of hydrogen-bond donors (Lipinski definition) is 2. The number of benzene rings is 1. The Bertz CT molecular complexity index is 501. The number of aryl methyl sites for hydroxylation is 1. The van der Waals surface area contributed by atoms with Crippen LogP contribution in [0.5, 0.6) is 0 Å². The van der Waals surface area contributed by atoms with E-state index in [-0.39, 0.29) is 0 Å². The van der Waals surface area contributed by atoms with Crippen LogP contribution >= 0.6 is 11.6 Å². The van der Waals surface area contributed by atoms with Crippen LogP contribution in [0, 0.1) is 0 Å². The number of nitrogen functional groups attached to an aromatic ring is 2. The highest BCUT2D eigenvalue weighted by molar-refractivity contribution is 6.30. The molecule has 0 bridgehead atoms. The maximum atomic E-state index is 5.91. The maximum Gasteiger partial charge on any atom is 0.169 e. The number of aromatic nitrogens is 2. The van der Waals surface area contributed by atoms with Gasteiger partial charge in [0.1, 0.15) is 5.69 Å². The summed E-state index contributed by atoms with van der Waals surface area (Å²) in [5.41, 5.74) is 13.9. The number of anilines is 2. The van der Waals surface area contributed by atoms with E-state index in [1.165, 1.54) is 0 Å². The van der Waals surface area contributed by atoms with Gasteiger partial charge in [0, 0.05) is 17.1 Å². The Morgan fingerprint density at radius 1 is 1.25 bits per heavy atom. The van der Waals surface area contributed by atoms with E-state index in [9.17, 15) is 0 Å². The number of nitrogens with two attached hydrogens (primary N) is 2. The van der Waals surface area contributed by atoms with Gasteiger partial charge < -0.3 is 11.5 Å². The third-order valence-corrected chi connectivity index (χ3v) is 2.69.